The second kappa shape index (κ2) is 9.19. The van der Waals surface area contributed by atoms with E-state index in [1.54, 1.807) is 0 Å². The number of ether oxygens (including phenoxy) is 1. The molecular weight excluding hydrogens is 447 g/mol. The number of aromatic nitrogens is 2. The summed E-state index contributed by atoms with van der Waals surface area (Å²) < 4.78 is 18.6. The van der Waals surface area contributed by atoms with E-state index in [4.69, 9.17) is 9.72 Å². The van der Waals surface area contributed by atoms with Crippen molar-refractivity contribution in [3.05, 3.63) is 82.6 Å². The predicted octanol–water partition coefficient (Wildman–Crippen LogP) is 3.68. The van der Waals surface area contributed by atoms with Gasteiger partial charge in [0.25, 0.3) is 5.91 Å². The maximum Gasteiger partial charge on any atom is 0.252 e. The van der Waals surface area contributed by atoms with Crippen molar-refractivity contribution in [1.82, 2.24) is 9.97 Å². The van der Waals surface area contributed by atoms with Gasteiger partial charge in [0.15, 0.2) is 11.6 Å². The number of anilines is 2. The highest BCUT2D eigenvalue weighted by molar-refractivity contribution is 6.06. The maximum atomic E-state index is 13.1. The molecule has 1 atom stereocenters. The monoisotopic (exact) mass is 474 g/mol. The van der Waals surface area contributed by atoms with E-state index in [9.17, 15) is 14.0 Å². The molecule has 0 radical (unpaired) electrons. The van der Waals surface area contributed by atoms with Crippen molar-refractivity contribution in [2.75, 3.05) is 30.5 Å². The molecule has 3 aromatic rings. The van der Waals surface area contributed by atoms with Gasteiger partial charge in [-0.2, -0.15) is 0 Å². The van der Waals surface area contributed by atoms with E-state index in [0.29, 0.717) is 43.1 Å². The fraction of sp³-hybridized carbons (Fsp3) is 0.333. The molecule has 2 aliphatic heterocycles. The van der Waals surface area contributed by atoms with Gasteiger partial charge >= 0.3 is 0 Å². The highest BCUT2D eigenvalue weighted by Gasteiger charge is 2.50. The van der Waals surface area contributed by atoms with E-state index < -0.39 is 5.54 Å². The number of ketones is 1. The summed E-state index contributed by atoms with van der Waals surface area (Å²) in [6.45, 7) is 2.78. The molecule has 7 nitrogen and oxygen atoms in total. The first kappa shape index (κ1) is 23.1. The molecule has 35 heavy (non-hydrogen) atoms. The van der Waals surface area contributed by atoms with Gasteiger partial charge < -0.3 is 15.0 Å². The zero-order valence-electron chi connectivity index (χ0n) is 19.8. The number of carbonyl (C=O) groups excluding carboxylic acids is 2. The number of fused-ring (bicyclic) bond motifs is 1. The van der Waals surface area contributed by atoms with Gasteiger partial charge in [-0.05, 0) is 48.7 Å². The first-order chi connectivity index (χ1) is 16.9. The van der Waals surface area contributed by atoms with Crippen LogP contribution < -0.4 is 10.2 Å². The fourth-order valence-corrected chi connectivity index (χ4v) is 4.70. The lowest BCUT2D eigenvalue weighted by atomic mass is 9.92. The molecule has 1 fully saturated rings. The molecule has 3 heterocycles. The highest BCUT2D eigenvalue weighted by atomic mass is 19.1. The topological polar surface area (TPSA) is 84.4 Å². The minimum Gasteiger partial charge on any atom is -0.378 e. The molecule has 0 saturated carbocycles. The largest absolute Gasteiger partial charge is 0.378 e. The maximum absolute atomic E-state index is 13.1. The Morgan fingerprint density at radius 2 is 1.80 bits per heavy atom. The number of Topliss-reactive ketones (excluding diaryl/α,β-unsaturated/α-hetero) is 1. The summed E-state index contributed by atoms with van der Waals surface area (Å²) in [6, 6.07) is 13.5. The van der Waals surface area contributed by atoms with Gasteiger partial charge in [0.05, 0.1) is 12.3 Å². The van der Waals surface area contributed by atoms with Gasteiger partial charge in [0.2, 0.25) is 0 Å². The first-order valence-electron chi connectivity index (χ1n) is 11.7. The van der Waals surface area contributed by atoms with Gasteiger partial charge in [-0.1, -0.05) is 24.3 Å². The third-order valence-corrected chi connectivity index (χ3v) is 6.93. The van der Waals surface area contributed by atoms with Crippen LogP contribution in [0.25, 0.3) is 0 Å². The van der Waals surface area contributed by atoms with Gasteiger partial charge in [0.1, 0.15) is 22.9 Å². The number of rotatable bonds is 6. The summed E-state index contributed by atoms with van der Waals surface area (Å²) in [5, 5.41) is 3.00. The van der Waals surface area contributed by atoms with Crippen molar-refractivity contribution in [3.8, 4) is 0 Å². The zero-order chi connectivity index (χ0) is 24.6. The van der Waals surface area contributed by atoms with Crippen molar-refractivity contribution >= 4 is 23.2 Å². The van der Waals surface area contributed by atoms with E-state index in [-0.39, 0.29) is 23.9 Å². The number of hydrogen-bond donors (Lipinski definition) is 1. The molecule has 1 aromatic heterocycles. The Morgan fingerprint density at radius 3 is 2.49 bits per heavy atom. The van der Waals surface area contributed by atoms with E-state index in [2.05, 4.69) is 10.3 Å². The molecule has 2 aromatic carbocycles. The number of aryl methyl sites for hydroxylation is 3. The summed E-state index contributed by atoms with van der Waals surface area (Å²) in [5.41, 5.74) is 3.21. The minimum atomic E-state index is -0.716. The second-order valence-corrected chi connectivity index (χ2v) is 9.19. The van der Waals surface area contributed by atoms with Gasteiger partial charge in [0, 0.05) is 38.5 Å². The Labute approximate surface area is 203 Å². The third kappa shape index (κ3) is 4.41. The van der Waals surface area contributed by atoms with Crippen LogP contribution >= 0.6 is 0 Å². The summed E-state index contributed by atoms with van der Waals surface area (Å²) in [5.74, 6) is 0.980. The van der Waals surface area contributed by atoms with Crippen LogP contribution in [0.1, 0.15) is 39.4 Å². The standard InChI is InChI=1S/C27H27FN4O3/c1-17-24-25(32(2)27(26(34)31-24)13-14-35-16-27)30-23(29-17)12-7-18-3-5-19(6-4-18)15-22(33)20-8-10-21(28)11-9-20/h3-6,8-11H,7,12-16H2,1-2H3,(H,31,34)/t27-/m0/s1. The van der Waals surface area contributed by atoms with Crippen molar-refractivity contribution in [2.45, 2.75) is 38.1 Å². The number of benzene rings is 2. The molecule has 1 N–H and O–H groups in total. The van der Waals surface area contributed by atoms with Crippen LogP contribution in [-0.4, -0.2) is 47.5 Å². The van der Waals surface area contributed by atoms with Crippen LogP contribution in [0.5, 0.6) is 0 Å². The molecule has 180 valence electrons. The van der Waals surface area contributed by atoms with Gasteiger partial charge in [-0.3, -0.25) is 9.59 Å². The third-order valence-electron chi connectivity index (χ3n) is 6.93. The summed E-state index contributed by atoms with van der Waals surface area (Å²) in [7, 11) is 1.90. The number of nitrogens with one attached hydrogen (secondary N) is 1. The van der Waals surface area contributed by atoms with E-state index >= 15 is 0 Å². The Balaban J connectivity index is 1.26. The molecular formula is C27H27FN4O3. The number of likely N-dealkylation sites (N-methyl/N-ethyl adjacent to an activating group) is 1. The lowest BCUT2D eigenvalue weighted by molar-refractivity contribution is -0.121. The Kier molecular flexibility index (Phi) is 6.06. The summed E-state index contributed by atoms with van der Waals surface area (Å²) in [6.07, 6.45) is 2.29. The molecule has 5 rings (SSSR count). The molecule has 0 bridgehead atoms. The Bertz CT molecular complexity index is 1270. The smallest absolute Gasteiger partial charge is 0.252 e. The highest BCUT2D eigenvalue weighted by Crippen LogP contribution is 2.39. The number of halogens is 1. The molecule has 1 spiro atoms. The first-order valence-corrected chi connectivity index (χ1v) is 11.7. The summed E-state index contributed by atoms with van der Waals surface area (Å²) in [4.78, 5) is 36.6. The Hall–Kier alpha value is -3.65. The van der Waals surface area contributed by atoms with E-state index in [1.165, 1.54) is 24.3 Å². The quantitative estimate of drug-likeness (QED) is 0.549. The van der Waals surface area contributed by atoms with Crippen molar-refractivity contribution in [3.63, 3.8) is 0 Å². The summed E-state index contributed by atoms with van der Waals surface area (Å²) >= 11 is 0. The lowest BCUT2D eigenvalue weighted by Crippen LogP contribution is -2.59. The minimum absolute atomic E-state index is 0.0441. The van der Waals surface area contributed by atoms with Crippen molar-refractivity contribution in [2.24, 2.45) is 0 Å². The SMILES string of the molecule is Cc1nc(CCc2ccc(CC(=O)c3ccc(F)cc3)cc2)nc2c1NC(=O)[C@@]1(CCOC1)N2C. The number of amides is 1. The van der Waals surface area contributed by atoms with Crippen molar-refractivity contribution < 1.29 is 18.7 Å². The molecule has 8 heteroatoms. The van der Waals surface area contributed by atoms with Crippen LogP contribution in [-0.2, 0) is 28.8 Å². The van der Waals surface area contributed by atoms with Crippen molar-refractivity contribution in [1.29, 1.82) is 0 Å². The number of carbonyl (C=O) groups is 2. The average Bonchev–Trinajstić information content (AvgIpc) is 3.35. The lowest BCUT2D eigenvalue weighted by Gasteiger charge is -2.41. The van der Waals surface area contributed by atoms with Gasteiger partial charge in [-0.15, -0.1) is 0 Å². The molecule has 1 saturated heterocycles. The Morgan fingerprint density at radius 1 is 1.09 bits per heavy atom. The fourth-order valence-electron chi connectivity index (χ4n) is 4.70. The molecule has 2 aliphatic rings. The number of nitrogens with zero attached hydrogens (tertiary/aromatic N) is 3. The zero-order valence-corrected chi connectivity index (χ0v) is 19.8. The van der Waals surface area contributed by atoms with Crippen LogP contribution in [0, 0.1) is 12.7 Å². The predicted molar refractivity (Wildman–Crippen MR) is 130 cm³/mol. The van der Waals surface area contributed by atoms with Crippen LogP contribution in [0.15, 0.2) is 48.5 Å². The van der Waals surface area contributed by atoms with Crippen LogP contribution in [0.2, 0.25) is 0 Å². The normalized spacial score (nSPS) is 19.1. The second-order valence-electron chi connectivity index (χ2n) is 9.19. The van der Waals surface area contributed by atoms with Crippen LogP contribution in [0.3, 0.4) is 0 Å². The number of hydrogen-bond acceptors (Lipinski definition) is 6. The van der Waals surface area contributed by atoms with Gasteiger partial charge in [-0.25, -0.2) is 14.4 Å². The molecule has 1 amide bonds. The average molecular weight is 475 g/mol. The van der Waals surface area contributed by atoms with Crippen LogP contribution in [0.4, 0.5) is 15.9 Å². The van der Waals surface area contributed by atoms with E-state index in [0.717, 1.165) is 29.1 Å². The van der Waals surface area contributed by atoms with E-state index in [1.807, 2.05) is 43.1 Å². The molecule has 0 unspecified atom stereocenters. The molecule has 0 aliphatic carbocycles.